The number of anilines is 1. The van der Waals surface area contributed by atoms with Crippen LogP contribution in [0.5, 0.6) is 5.75 Å². The van der Waals surface area contributed by atoms with Gasteiger partial charge in [-0.1, -0.05) is 13.0 Å². The van der Waals surface area contributed by atoms with Crippen LogP contribution in [-0.2, 0) is 9.53 Å². The SMILES string of the molecule is COCCOc1cccc(NC(=O)C2CNCC2C)c1. The highest BCUT2D eigenvalue weighted by Crippen LogP contribution is 2.21. The molecule has 0 aliphatic carbocycles. The lowest BCUT2D eigenvalue weighted by Crippen LogP contribution is -2.27. The molecule has 2 rings (SSSR count). The van der Waals surface area contributed by atoms with Crippen LogP contribution in [0, 0.1) is 11.8 Å². The maximum absolute atomic E-state index is 12.2. The quantitative estimate of drug-likeness (QED) is 0.774. The van der Waals surface area contributed by atoms with Crippen molar-refractivity contribution >= 4 is 11.6 Å². The van der Waals surface area contributed by atoms with Gasteiger partial charge in [0.1, 0.15) is 12.4 Å². The molecule has 0 radical (unpaired) electrons. The predicted octanol–water partition coefficient (Wildman–Crippen LogP) is 1.51. The van der Waals surface area contributed by atoms with E-state index in [1.54, 1.807) is 7.11 Å². The summed E-state index contributed by atoms with van der Waals surface area (Å²) in [5.74, 6) is 1.21. The summed E-state index contributed by atoms with van der Waals surface area (Å²) < 4.78 is 10.5. The van der Waals surface area contributed by atoms with Crippen LogP contribution in [-0.4, -0.2) is 39.3 Å². The van der Waals surface area contributed by atoms with Crippen molar-refractivity contribution < 1.29 is 14.3 Å². The van der Waals surface area contributed by atoms with E-state index < -0.39 is 0 Å². The summed E-state index contributed by atoms with van der Waals surface area (Å²) in [6.45, 7) is 4.78. The first-order chi connectivity index (χ1) is 9.70. The molecular formula is C15H22N2O3. The number of hydrogen-bond donors (Lipinski definition) is 2. The summed E-state index contributed by atoms with van der Waals surface area (Å²) in [7, 11) is 1.64. The Hall–Kier alpha value is -1.59. The summed E-state index contributed by atoms with van der Waals surface area (Å²) in [4.78, 5) is 12.2. The normalized spacial score (nSPS) is 21.7. The van der Waals surface area contributed by atoms with Crippen molar-refractivity contribution in [3.05, 3.63) is 24.3 Å². The molecule has 1 amide bonds. The van der Waals surface area contributed by atoms with Gasteiger partial charge in [0.05, 0.1) is 12.5 Å². The van der Waals surface area contributed by atoms with E-state index in [0.29, 0.717) is 19.1 Å². The summed E-state index contributed by atoms with van der Waals surface area (Å²) in [6, 6.07) is 7.44. The predicted molar refractivity (Wildman–Crippen MR) is 78.0 cm³/mol. The second kappa shape index (κ2) is 7.26. The molecule has 2 N–H and O–H groups in total. The number of nitrogens with one attached hydrogen (secondary N) is 2. The summed E-state index contributed by atoms with van der Waals surface area (Å²) in [6.07, 6.45) is 0. The van der Waals surface area contributed by atoms with Gasteiger partial charge in [-0.05, 0) is 24.6 Å². The van der Waals surface area contributed by atoms with Crippen LogP contribution in [0.2, 0.25) is 0 Å². The third kappa shape index (κ3) is 3.95. The lowest BCUT2D eigenvalue weighted by Gasteiger charge is -2.15. The molecule has 0 bridgehead atoms. The van der Waals surface area contributed by atoms with E-state index >= 15 is 0 Å². The molecular weight excluding hydrogens is 256 g/mol. The van der Waals surface area contributed by atoms with Crippen LogP contribution in [0.15, 0.2) is 24.3 Å². The van der Waals surface area contributed by atoms with Crippen molar-refractivity contribution in [2.24, 2.45) is 11.8 Å². The number of rotatable bonds is 6. The number of carbonyl (C=O) groups is 1. The first kappa shape index (κ1) is 14.8. The highest BCUT2D eigenvalue weighted by Gasteiger charge is 2.29. The molecule has 20 heavy (non-hydrogen) atoms. The average Bonchev–Trinajstić information content (AvgIpc) is 2.86. The molecule has 2 atom stereocenters. The zero-order valence-electron chi connectivity index (χ0n) is 12.0. The maximum atomic E-state index is 12.2. The molecule has 2 unspecified atom stereocenters. The Morgan fingerprint density at radius 2 is 2.25 bits per heavy atom. The van der Waals surface area contributed by atoms with Gasteiger partial charge in [0.15, 0.2) is 0 Å². The summed E-state index contributed by atoms with van der Waals surface area (Å²) >= 11 is 0. The van der Waals surface area contributed by atoms with Crippen molar-refractivity contribution in [1.82, 2.24) is 5.32 Å². The Morgan fingerprint density at radius 3 is 2.95 bits per heavy atom. The van der Waals surface area contributed by atoms with Gasteiger partial charge in [0.2, 0.25) is 5.91 Å². The molecule has 0 spiro atoms. The zero-order valence-corrected chi connectivity index (χ0v) is 12.0. The number of ether oxygens (including phenoxy) is 2. The number of benzene rings is 1. The fourth-order valence-electron chi connectivity index (χ4n) is 2.30. The number of hydrogen-bond acceptors (Lipinski definition) is 4. The second-order valence-corrected chi connectivity index (χ2v) is 5.10. The van der Waals surface area contributed by atoms with Crippen molar-refractivity contribution in [2.75, 3.05) is 38.7 Å². The van der Waals surface area contributed by atoms with E-state index in [4.69, 9.17) is 9.47 Å². The minimum Gasteiger partial charge on any atom is -0.491 e. The Balaban J connectivity index is 1.91. The first-order valence-corrected chi connectivity index (χ1v) is 6.94. The fraction of sp³-hybridized carbons (Fsp3) is 0.533. The van der Waals surface area contributed by atoms with Crippen molar-refractivity contribution in [2.45, 2.75) is 6.92 Å². The highest BCUT2D eigenvalue weighted by molar-refractivity contribution is 5.93. The van der Waals surface area contributed by atoms with Gasteiger partial charge in [-0.3, -0.25) is 4.79 Å². The lowest BCUT2D eigenvalue weighted by molar-refractivity contribution is -0.120. The molecule has 110 valence electrons. The standard InChI is InChI=1S/C15H22N2O3/c1-11-9-16-10-14(11)15(18)17-12-4-3-5-13(8-12)20-7-6-19-2/h3-5,8,11,14,16H,6-7,9-10H2,1-2H3,(H,17,18). The third-order valence-electron chi connectivity index (χ3n) is 3.51. The second-order valence-electron chi connectivity index (χ2n) is 5.10. The summed E-state index contributed by atoms with van der Waals surface area (Å²) in [5, 5.41) is 6.19. The molecule has 1 heterocycles. The Morgan fingerprint density at radius 1 is 1.40 bits per heavy atom. The van der Waals surface area contributed by atoms with Crippen LogP contribution < -0.4 is 15.4 Å². The molecule has 1 aliphatic heterocycles. The lowest BCUT2D eigenvalue weighted by atomic mass is 9.97. The van der Waals surface area contributed by atoms with Gasteiger partial charge in [0.25, 0.3) is 0 Å². The Bertz CT molecular complexity index is 450. The van der Waals surface area contributed by atoms with E-state index in [1.165, 1.54) is 0 Å². The van der Waals surface area contributed by atoms with E-state index in [0.717, 1.165) is 24.5 Å². The van der Waals surface area contributed by atoms with Crippen LogP contribution in [0.4, 0.5) is 5.69 Å². The van der Waals surface area contributed by atoms with Gasteiger partial charge >= 0.3 is 0 Å². The molecule has 1 aliphatic rings. The minimum absolute atomic E-state index is 0.0352. The minimum atomic E-state index is 0.0352. The smallest absolute Gasteiger partial charge is 0.229 e. The average molecular weight is 278 g/mol. The zero-order chi connectivity index (χ0) is 14.4. The van der Waals surface area contributed by atoms with Crippen LogP contribution in [0.25, 0.3) is 0 Å². The van der Waals surface area contributed by atoms with Crippen molar-refractivity contribution in [1.29, 1.82) is 0 Å². The van der Waals surface area contributed by atoms with E-state index in [-0.39, 0.29) is 11.8 Å². The van der Waals surface area contributed by atoms with Gasteiger partial charge < -0.3 is 20.1 Å². The molecule has 5 nitrogen and oxygen atoms in total. The Kier molecular flexibility index (Phi) is 5.38. The molecule has 1 aromatic carbocycles. The fourth-order valence-corrected chi connectivity index (χ4v) is 2.30. The van der Waals surface area contributed by atoms with Crippen molar-refractivity contribution in [3.63, 3.8) is 0 Å². The van der Waals surface area contributed by atoms with Crippen molar-refractivity contribution in [3.8, 4) is 5.75 Å². The topological polar surface area (TPSA) is 59.6 Å². The third-order valence-corrected chi connectivity index (χ3v) is 3.51. The number of carbonyl (C=O) groups excluding carboxylic acids is 1. The molecule has 0 saturated carbocycles. The monoisotopic (exact) mass is 278 g/mol. The number of methoxy groups -OCH3 is 1. The number of amides is 1. The van der Waals surface area contributed by atoms with E-state index in [2.05, 4.69) is 17.6 Å². The molecule has 1 aromatic rings. The molecule has 5 heteroatoms. The van der Waals surface area contributed by atoms with Gasteiger partial charge in [-0.15, -0.1) is 0 Å². The summed E-state index contributed by atoms with van der Waals surface area (Å²) in [5.41, 5.74) is 0.768. The van der Waals surface area contributed by atoms with E-state index in [1.807, 2.05) is 24.3 Å². The van der Waals surface area contributed by atoms with Gasteiger partial charge in [-0.25, -0.2) is 0 Å². The first-order valence-electron chi connectivity index (χ1n) is 6.94. The van der Waals surface area contributed by atoms with Gasteiger partial charge in [-0.2, -0.15) is 0 Å². The largest absolute Gasteiger partial charge is 0.491 e. The highest BCUT2D eigenvalue weighted by atomic mass is 16.5. The van der Waals surface area contributed by atoms with E-state index in [9.17, 15) is 4.79 Å². The Labute approximate surface area is 119 Å². The molecule has 0 aromatic heterocycles. The molecule has 1 fully saturated rings. The van der Waals surface area contributed by atoms with Crippen LogP contribution in [0.1, 0.15) is 6.92 Å². The van der Waals surface area contributed by atoms with Gasteiger partial charge in [0, 0.05) is 25.4 Å². The van der Waals surface area contributed by atoms with Crippen LogP contribution in [0.3, 0.4) is 0 Å². The maximum Gasteiger partial charge on any atom is 0.229 e. The molecule has 1 saturated heterocycles. The van der Waals surface area contributed by atoms with Crippen LogP contribution >= 0.6 is 0 Å².